The third-order valence-electron chi connectivity index (χ3n) is 3.24. The molecule has 1 aliphatic heterocycles. The van der Waals surface area contributed by atoms with Gasteiger partial charge in [0, 0.05) is 0 Å². The van der Waals surface area contributed by atoms with Crippen molar-refractivity contribution in [2.75, 3.05) is 34.0 Å². The van der Waals surface area contributed by atoms with E-state index in [-0.39, 0.29) is 11.5 Å². The average Bonchev–Trinajstić information content (AvgIpc) is 2.47. The Balaban J connectivity index is 2.27. The molecular weight excluding hydrogens is 268 g/mol. The number of methoxy groups -OCH3 is 2. The molecule has 1 aliphatic rings. The summed E-state index contributed by atoms with van der Waals surface area (Å²) in [6.07, 6.45) is -0.132. The first kappa shape index (κ1) is 14.4. The molecule has 106 valence electrons. The molecule has 0 aromatic heterocycles. The smallest absolute Gasteiger partial charge is 0.161 e. The molecule has 0 N–H and O–H groups in total. The summed E-state index contributed by atoms with van der Waals surface area (Å²) in [6, 6.07) is 3.83. The molecule has 0 saturated carbocycles. The number of halogens is 1. The number of alkyl halides is 1. The molecule has 1 saturated heterocycles. The van der Waals surface area contributed by atoms with Crippen molar-refractivity contribution >= 4 is 11.6 Å². The van der Waals surface area contributed by atoms with E-state index in [1.165, 1.54) is 0 Å². The van der Waals surface area contributed by atoms with E-state index in [0.717, 1.165) is 11.1 Å². The number of aryl methyl sites for hydroxylation is 1. The summed E-state index contributed by atoms with van der Waals surface area (Å²) in [5.41, 5.74) is 2.03. The van der Waals surface area contributed by atoms with Crippen molar-refractivity contribution in [3.8, 4) is 11.5 Å². The summed E-state index contributed by atoms with van der Waals surface area (Å²) in [7, 11) is 3.23. The molecule has 2 rings (SSSR count). The van der Waals surface area contributed by atoms with Gasteiger partial charge in [-0.1, -0.05) is 0 Å². The fourth-order valence-corrected chi connectivity index (χ4v) is 2.55. The maximum atomic E-state index is 6.51. The highest BCUT2D eigenvalue weighted by molar-refractivity contribution is 6.21. The predicted octanol–water partition coefficient (Wildman–Crippen LogP) is 2.71. The molecule has 0 radical (unpaired) electrons. The maximum Gasteiger partial charge on any atom is 0.161 e. The Morgan fingerprint density at radius 1 is 1.21 bits per heavy atom. The van der Waals surface area contributed by atoms with Crippen LogP contribution in [0.3, 0.4) is 0 Å². The summed E-state index contributed by atoms with van der Waals surface area (Å²) in [5.74, 6) is 1.37. The van der Waals surface area contributed by atoms with Crippen molar-refractivity contribution in [1.29, 1.82) is 0 Å². The van der Waals surface area contributed by atoms with Crippen LogP contribution in [0.25, 0.3) is 0 Å². The molecule has 2 atom stereocenters. The van der Waals surface area contributed by atoms with Crippen molar-refractivity contribution in [2.24, 2.45) is 0 Å². The summed E-state index contributed by atoms with van der Waals surface area (Å²) < 4.78 is 21.6. The van der Waals surface area contributed by atoms with Crippen LogP contribution in [0.15, 0.2) is 12.1 Å². The van der Waals surface area contributed by atoms with Gasteiger partial charge in [-0.15, -0.1) is 11.6 Å². The quantitative estimate of drug-likeness (QED) is 0.798. The van der Waals surface area contributed by atoms with E-state index >= 15 is 0 Å². The van der Waals surface area contributed by atoms with E-state index in [0.29, 0.717) is 31.3 Å². The van der Waals surface area contributed by atoms with Crippen LogP contribution in [0.2, 0.25) is 0 Å². The van der Waals surface area contributed by atoms with Crippen molar-refractivity contribution < 1.29 is 18.9 Å². The molecule has 2 unspecified atom stereocenters. The third kappa shape index (κ3) is 3.14. The van der Waals surface area contributed by atoms with Crippen LogP contribution in [0, 0.1) is 6.92 Å². The van der Waals surface area contributed by atoms with Crippen LogP contribution in [0.5, 0.6) is 11.5 Å². The van der Waals surface area contributed by atoms with Crippen LogP contribution in [0.1, 0.15) is 16.5 Å². The summed E-state index contributed by atoms with van der Waals surface area (Å²) >= 11 is 6.51. The second-order valence-corrected chi connectivity index (χ2v) is 4.92. The SMILES string of the molecule is COc1cc(C)c(C(Cl)C2COCCO2)cc1OC. The number of ether oxygens (including phenoxy) is 4. The Bertz CT molecular complexity index is 430. The summed E-state index contributed by atoms with van der Waals surface area (Å²) in [6.45, 7) is 3.73. The first-order valence-electron chi connectivity index (χ1n) is 6.23. The van der Waals surface area contributed by atoms with Gasteiger partial charge in [0.15, 0.2) is 11.5 Å². The highest BCUT2D eigenvalue weighted by Gasteiger charge is 2.27. The maximum absolute atomic E-state index is 6.51. The van der Waals surface area contributed by atoms with Gasteiger partial charge in [-0.05, 0) is 30.2 Å². The van der Waals surface area contributed by atoms with Gasteiger partial charge in [-0.25, -0.2) is 0 Å². The van der Waals surface area contributed by atoms with Crippen molar-refractivity contribution in [2.45, 2.75) is 18.4 Å². The molecule has 1 aromatic carbocycles. The lowest BCUT2D eigenvalue weighted by atomic mass is 10.0. The second-order valence-electron chi connectivity index (χ2n) is 4.45. The van der Waals surface area contributed by atoms with Gasteiger partial charge in [0.2, 0.25) is 0 Å². The minimum atomic E-state index is -0.264. The molecule has 0 amide bonds. The van der Waals surface area contributed by atoms with Crippen LogP contribution in [0.4, 0.5) is 0 Å². The molecule has 0 aliphatic carbocycles. The van der Waals surface area contributed by atoms with Gasteiger partial charge >= 0.3 is 0 Å². The zero-order valence-electron chi connectivity index (χ0n) is 11.4. The van der Waals surface area contributed by atoms with Crippen LogP contribution >= 0.6 is 11.6 Å². The van der Waals surface area contributed by atoms with Gasteiger partial charge in [0.05, 0.1) is 39.4 Å². The zero-order valence-corrected chi connectivity index (χ0v) is 12.2. The summed E-state index contributed by atoms with van der Waals surface area (Å²) in [4.78, 5) is 0. The van der Waals surface area contributed by atoms with E-state index < -0.39 is 0 Å². The topological polar surface area (TPSA) is 36.9 Å². The van der Waals surface area contributed by atoms with E-state index in [1.807, 2.05) is 19.1 Å². The van der Waals surface area contributed by atoms with Crippen LogP contribution < -0.4 is 9.47 Å². The second kappa shape index (κ2) is 6.46. The minimum Gasteiger partial charge on any atom is -0.493 e. The van der Waals surface area contributed by atoms with Crippen molar-refractivity contribution in [3.05, 3.63) is 23.3 Å². The van der Waals surface area contributed by atoms with Gasteiger partial charge in [-0.3, -0.25) is 0 Å². The van der Waals surface area contributed by atoms with E-state index in [4.69, 9.17) is 30.5 Å². The number of rotatable bonds is 4. The Morgan fingerprint density at radius 2 is 1.89 bits per heavy atom. The molecule has 5 heteroatoms. The Morgan fingerprint density at radius 3 is 2.47 bits per heavy atom. The first-order valence-corrected chi connectivity index (χ1v) is 6.67. The molecule has 1 fully saturated rings. The highest BCUT2D eigenvalue weighted by Crippen LogP contribution is 2.37. The number of hydrogen-bond donors (Lipinski definition) is 0. The lowest BCUT2D eigenvalue weighted by Gasteiger charge is -2.28. The predicted molar refractivity (Wildman–Crippen MR) is 73.4 cm³/mol. The van der Waals surface area contributed by atoms with E-state index in [1.54, 1.807) is 14.2 Å². The highest BCUT2D eigenvalue weighted by atomic mass is 35.5. The van der Waals surface area contributed by atoms with Gasteiger partial charge in [0.25, 0.3) is 0 Å². The molecule has 0 bridgehead atoms. The number of benzene rings is 1. The minimum absolute atomic E-state index is 0.132. The molecule has 0 spiro atoms. The Labute approximate surface area is 118 Å². The molecule has 19 heavy (non-hydrogen) atoms. The average molecular weight is 287 g/mol. The van der Waals surface area contributed by atoms with Crippen LogP contribution in [-0.4, -0.2) is 40.1 Å². The van der Waals surface area contributed by atoms with Crippen molar-refractivity contribution in [1.82, 2.24) is 0 Å². The van der Waals surface area contributed by atoms with Crippen LogP contribution in [-0.2, 0) is 9.47 Å². The molecule has 4 nitrogen and oxygen atoms in total. The van der Waals surface area contributed by atoms with Gasteiger partial charge in [-0.2, -0.15) is 0 Å². The summed E-state index contributed by atoms with van der Waals surface area (Å²) in [5, 5.41) is -0.264. The monoisotopic (exact) mass is 286 g/mol. The lowest BCUT2D eigenvalue weighted by Crippen LogP contribution is -2.32. The van der Waals surface area contributed by atoms with Gasteiger partial charge in [0.1, 0.15) is 6.10 Å². The third-order valence-corrected chi connectivity index (χ3v) is 3.75. The molecule has 1 aromatic rings. The van der Waals surface area contributed by atoms with E-state index in [9.17, 15) is 0 Å². The van der Waals surface area contributed by atoms with Gasteiger partial charge < -0.3 is 18.9 Å². The lowest BCUT2D eigenvalue weighted by molar-refractivity contribution is -0.0893. The zero-order chi connectivity index (χ0) is 13.8. The Hall–Kier alpha value is -0.970. The fourth-order valence-electron chi connectivity index (χ4n) is 2.17. The molecule has 1 heterocycles. The molecular formula is C14H19ClO4. The van der Waals surface area contributed by atoms with Crippen molar-refractivity contribution in [3.63, 3.8) is 0 Å². The first-order chi connectivity index (χ1) is 9.17. The fraction of sp³-hybridized carbons (Fsp3) is 0.571. The number of hydrogen-bond acceptors (Lipinski definition) is 4. The largest absolute Gasteiger partial charge is 0.493 e. The van der Waals surface area contributed by atoms with E-state index in [2.05, 4.69) is 0 Å². The standard InChI is InChI=1S/C14H19ClO4/c1-9-6-11(16-2)12(17-3)7-10(9)14(15)13-8-18-4-5-19-13/h6-7,13-14H,4-5,8H2,1-3H3. The normalized spacial score (nSPS) is 20.9. The Kier molecular flexibility index (Phi) is 4.91.